The number of ether oxygens (including phenoxy) is 1. The highest BCUT2D eigenvalue weighted by Crippen LogP contribution is 2.21. The van der Waals surface area contributed by atoms with Crippen molar-refractivity contribution >= 4 is 21.9 Å². The predicted octanol–water partition coefficient (Wildman–Crippen LogP) is 1.07. The minimum absolute atomic E-state index is 0.143. The number of carboxylic acid groups (broad SMARTS) is 1. The van der Waals surface area contributed by atoms with Crippen LogP contribution in [0.5, 0.6) is 5.75 Å². The molecule has 1 atom stereocenters. The summed E-state index contributed by atoms with van der Waals surface area (Å²) in [7, 11) is -3.68. The summed E-state index contributed by atoms with van der Waals surface area (Å²) in [5.41, 5.74) is 0.160. The number of nitrogens with zero attached hydrogens (tertiary/aromatic N) is 4. The monoisotopic (exact) mass is 436 g/mol. The van der Waals surface area contributed by atoms with Gasteiger partial charge in [0, 0.05) is 32.4 Å². The van der Waals surface area contributed by atoms with E-state index in [4.69, 9.17) is 4.74 Å². The molecule has 11 heteroatoms. The minimum Gasteiger partial charge on any atom is -0.494 e. The van der Waals surface area contributed by atoms with Crippen LogP contribution in [0, 0.1) is 0 Å². The van der Waals surface area contributed by atoms with Gasteiger partial charge in [0.2, 0.25) is 10.0 Å². The van der Waals surface area contributed by atoms with Gasteiger partial charge in [0.15, 0.2) is 0 Å². The number of carbonyl (C=O) groups excluding carboxylic acids is 1. The Kier molecular flexibility index (Phi) is 6.42. The van der Waals surface area contributed by atoms with Crippen molar-refractivity contribution in [2.24, 2.45) is 0 Å². The smallest absolute Gasteiger partial charge is 0.328 e. The van der Waals surface area contributed by atoms with Crippen LogP contribution in [0.1, 0.15) is 30.4 Å². The van der Waals surface area contributed by atoms with Crippen LogP contribution in [0.15, 0.2) is 41.4 Å². The lowest BCUT2D eigenvalue weighted by Gasteiger charge is -2.34. The zero-order valence-corrected chi connectivity index (χ0v) is 17.6. The van der Waals surface area contributed by atoms with E-state index < -0.39 is 22.0 Å². The van der Waals surface area contributed by atoms with Gasteiger partial charge in [-0.05, 0) is 44.2 Å². The highest BCUT2D eigenvalue weighted by atomic mass is 32.2. The molecule has 162 valence electrons. The van der Waals surface area contributed by atoms with Crippen molar-refractivity contribution < 1.29 is 27.9 Å². The fraction of sp³-hybridized carbons (Fsp3) is 0.421. The number of piperazine rings is 1. The molecule has 1 fully saturated rings. The van der Waals surface area contributed by atoms with Gasteiger partial charge >= 0.3 is 5.97 Å². The first-order valence-corrected chi connectivity index (χ1v) is 11.0. The van der Waals surface area contributed by atoms with Crippen LogP contribution in [0.4, 0.5) is 0 Å². The van der Waals surface area contributed by atoms with Gasteiger partial charge in [-0.2, -0.15) is 9.40 Å². The summed E-state index contributed by atoms with van der Waals surface area (Å²) in [6.45, 7) is 4.46. The molecule has 0 radical (unpaired) electrons. The van der Waals surface area contributed by atoms with Crippen molar-refractivity contribution in [2.75, 3.05) is 32.8 Å². The van der Waals surface area contributed by atoms with Crippen molar-refractivity contribution in [3.63, 3.8) is 0 Å². The molecule has 0 spiro atoms. The second-order valence-corrected chi connectivity index (χ2v) is 8.71. The standard InChI is InChI=1S/C19H24N4O6S/c1-3-29-15-4-6-16(7-5-15)30(27,28)22-12-10-21(11-13-22)18(24)17-8-9-20-23(17)14(2)19(25)26/h4-9,14H,3,10-13H2,1-2H3,(H,25,26). The molecule has 1 unspecified atom stereocenters. The van der Waals surface area contributed by atoms with E-state index >= 15 is 0 Å². The predicted molar refractivity (Wildman–Crippen MR) is 107 cm³/mol. The molecule has 0 saturated carbocycles. The highest BCUT2D eigenvalue weighted by Gasteiger charge is 2.32. The summed E-state index contributed by atoms with van der Waals surface area (Å²) < 4.78 is 33.6. The molecule has 1 aliphatic heterocycles. The van der Waals surface area contributed by atoms with Gasteiger partial charge in [-0.15, -0.1) is 0 Å². The third-order valence-electron chi connectivity index (χ3n) is 4.91. The third-order valence-corrected chi connectivity index (χ3v) is 6.82. The van der Waals surface area contributed by atoms with Crippen LogP contribution in [0.25, 0.3) is 0 Å². The van der Waals surface area contributed by atoms with E-state index in [-0.39, 0.29) is 42.7 Å². The Morgan fingerprint density at radius 3 is 2.33 bits per heavy atom. The normalized spacial score (nSPS) is 16.3. The first-order valence-electron chi connectivity index (χ1n) is 9.54. The van der Waals surface area contributed by atoms with Crippen LogP contribution in [0.3, 0.4) is 0 Å². The summed E-state index contributed by atoms with van der Waals surface area (Å²) in [5, 5.41) is 13.1. The van der Waals surface area contributed by atoms with E-state index in [0.717, 1.165) is 4.68 Å². The summed E-state index contributed by atoms with van der Waals surface area (Å²) in [4.78, 5) is 25.7. The number of aliphatic carboxylic acids is 1. The van der Waals surface area contributed by atoms with Gasteiger partial charge in [0.1, 0.15) is 17.5 Å². The molecule has 3 rings (SSSR count). The lowest BCUT2D eigenvalue weighted by atomic mass is 10.2. The molecular weight excluding hydrogens is 412 g/mol. The van der Waals surface area contributed by atoms with Gasteiger partial charge in [-0.1, -0.05) is 0 Å². The minimum atomic E-state index is -3.68. The first kappa shape index (κ1) is 21.8. The van der Waals surface area contributed by atoms with Crippen LogP contribution < -0.4 is 4.74 Å². The van der Waals surface area contributed by atoms with Crippen LogP contribution in [-0.4, -0.2) is 77.2 Å². The average molecular weight is 436 g/mol. The number of aromatic nitrogens is 2. The zero-order chi connectivity index (χ0) is 21.9. The van der Waals surface area contributed by atoms with Crippen molar-refractivity contribution in [1.82, 2.24) is 19.0 Å². The van der Waals surface area contributed by atoms with Crippen LogP contribution >= 0.6 is 0 Å². The van der Waals surface area contributed by atoms with Crippen molar-refractivity contribution in [3.8, 4) is 5.75 Å². The SMILES string of the molecule is CCOc1ccc(S(=O)(=O)N2CCN(C(=O)c3ccnn3C(C)C(=O)O)CC2)cc1. The maximum Gasteiger partial charge on any atom is 0.328 e. The molecule has 1 aromatic carbocycles. The Morgan fingerprint density at radius 1 is 1.13 bits per heavy atom. The Bertz CT molecular complexity index is 1010. The largest absolute Gasteiger partial charge is 0.494 e. The van der Waals surface area contributed by atoms with Crippen LogP contribution in [-0.2, 0) is 14.8 Å². The number of carboxylic acids is 1. The zero-order valence-electron chi connectivity index (χ0n) is 16.8. The number of hydrogen-bond donors (Lipinski definition) is 1. The van der Waals surface area contributed by atoms with Crippen molar-refractivity contribution in [3.05, 3.63) is 42.2 Å². The molecule has 30 heavy (non-hydrogen) atoms. The number of carbonyl (C=O) groups is 2. The van der Waals surface area contributed by atoms with E-state index in [9.17, 15) is 23.1 Å². The molecule has 0 bridgehead atoms. The molecule has 0 aliphatic carbocycles. The molecule has 1 N–H and O–H groups in total. The van der Waals surface area contributed by atoms with Crippen LogP contribution in [0.2, 0.25) is 0 Å². The van der Waals surface area contributed by atoms with E-state index in [0.29, 0.717) is 12.4 Å². The Balaban J connectivity index is 1.68. The van der Waals surface area contributed by atoms with Gasteiger partial charge in [-0.3, -0.25) is 4.79 Å². The molecule has 1 aliphatic rings. The first-order chi connectivity index (χ1) is 14.3. The molecular formula is C19H24N4O6S. The molecule has 10 nitrogen and oxygen atoms in total. The molecule has 2 aromatic rings. The molecule has 1 amide bonds. The summed E-state index contributed by atoms with van der Waals surface area (Å²) in [5.74, 6) is -0.878. The molecule has 2 heterocycles. The average Bonchev–Trinajstić information content (AvgIpc) is 3.23. The number of benzene rings is 1. The van der Waals surface area contributed by atoms with Gasteiger partial charge in [-0.25, -0.2) is 17.9 Å². The lowest BCUT2D eigenvalue weighted by Crippen LogP contribution is -2.50. The van der Waals surface area contributed by atoms with E-state index in [1.54, 1.807) is 12.1 Å². The van der Waals surface area contributed by atoms with Crippen molar-refractivity contribution in [1.29, 1.82) is 0 Å². The topological polar surface area (TPSA) is 122 Å². The maximum atomic E-state index is 12.9. The molecule has 1 saturated heterocycles. The maximum absolute atomic E-state index is 12.9. The second kappa shape index (κ2) is 8.84. The summed E-state index contributed by atoms with van der Waals surface area (Å²) >= 11 is 0. The number of rotatable bonds is 7. The summed E-state index contributed by atoms with van der Waals surface area (Å²) in [6.07, 6.45) is 1.37. The highest BCUT2D eigenvalue weighted by molar-refractivity contribution is 7.89. The molecule has 1 aromatic heterocycles. The van der Waals surface area contributed by atoms with E-state index in [2.05, 4.69) is 5.10 Å². The Hall–Kier alpha value is -2.92. The van der Waals surface area contributed by atoms with E-state index in [1.807, 2.05) is 6.92 Å². The number of sulfonamides is 1. The fourth-order valence-electron chi connectivity index (χ4n) is 3.21. The van der Waals surface area contributed by atoms with Crippen molar-refractivity contribution in [2.45, 2.75) is 24.8 Å². The third kappa shape index (κ3) is 4.31. The number of hydrogen-bond acceptors (Lipinski definition) is 6. The lowest BCUT2D eigenvalue weighted by molar-refractivity contribution is -0.140. The van der Waals surface area contributed by atoms with Gasteiger partial charge in [0.25, 0.3) is 5.91 Å². The van der Waals surface area contributed by atoms with E-state index in [1.165, 1.54) is 40.5 Å². The summed E-state index contributed by atoms with van der Waals surface area (Å²) in [6, 6.07) is 6.71. The fourth-order valence-corrected chi connectivity index (χ4v) is 4.64. The van der Waals surface area contributed by atoms with Gasteiger partial charge in [0.05, 0.1) is 11.5 Å². The van der Waals surface area contributed by atoms with Gasteiger partial charge < -0.3 is 14.7 Å². The number of amides is 1. The Morgan fingerprint density at radius 2 is 1.77 bits per heavy atom. The Labute approximate surface area is 174 Å². The quantitative estimate of drug-likeness (QED) is 0.689. The second-order valence-electron chi connectivity index (χ2n) is 6.78.